The van der Waals surface area contributed by atoms with E-state index in [4.69, 9.17) is 0 Å². The van der Waals surface area contributed by atoms with Gasteiger partial charge in [-0.3, -0.25) is 4.68 Å². The Kier molecular flexibility index (Phi) is 5.69. The lowest BCUT2D eigenvalue weighted by atomic mass is 9.25. The molecule has 9 atom stereocenters. The van der Waals surface area contributed by atoms with E-state index >= 15 is 0 Å². The van der Waals surface area contributed by atoms with Crippen LogP contribution in [0.4, 0.5) is 0 Å². The second kappa shape index (κ2) is 7.85. The van der Waals surface area contributed by atoms with E-state index in [1.165, 1.54) is 64.2 Å². The average Bonchev–Trinajstić information content (AvgIpc) is 3.26. The molecule has 4 aliphatic carbocycles. The van der Waals surface area contributed by atoms with Gasteiger partial charge in [-0.05, 0) is 102 Å². The number of fused-ring (bicyclic) bond motifs is 5. The lowest BCUT2D eigenvalue weighted by Gasteiger charge is -2.79. The van der Waals surface area contributed by atoms with Crippen molar-refractivity contribution in [1.82, 2.24) is 9.78 Å². The molecular formula is C32H51N3. The first kappa shape index (κ1) is 25.4. The molecule has 0 bridgehead atoms. The fourth-order valence-electron chi connectivity index (χ4n) is 11.5. The predicted molar refractivity (Wildman–Crippen MR) is 144 cm³/mol. The van der Waals surface area contributed by atoms with Gasteiger partial charge in [0.2, 0.25) is 0 Å². The Hall–Kier alpha value is -1.30. The Bertz CT molecular complexity index is 1020. The molecule has 0 saturated heterocycles. The molecule has 0 radical (unpaired) electrons. The Balaban J connectivity index is 1.51. The number of nitrogens with zero attached hydrogens (tertiary/aromatic N) is 3. The van der Waals surface area contributed by atoms with Crippen molar-refractivity contribution in [2.45, 2.75) is 126 Å². The second-order valence-corrected chi connectivity index (χ2v) is 15.2. The van der Waals surface area contributed by atoms with Crippen LogP contribution in [0.25, 0.3) is 0 Å². The van der Waals surface area contributed by atoms with Crippen LogP contribution < -0.4 is 0 Å². The Labute approximate surface area is 215 Å². The van der Waals surface area contributed by atoms with Crippen LogP contribution in [0.1, 0.15) is 125 Å². The molecule has 0 spiro atoms. The Morgan fingerprint density at radius 2 is 1.63 bits per heavy atom. The molecule has 0 N–H and O–H groups in total. The zero-order valence-corrected chi connectivity index (χ0v) is 24.0. The fourth-order valence-corrected chi connectivity index (χ4v) is 11.5. The van der Waals surface area contributed by atoms with Gasteiger partial charge in [0, 0.05) is 12.7 Å². The van der Waals surface area contributed by atoms with Crippen molar-refractivity contribution < 1.29 is 0 Å². The monoisotopic (exact) mass is 477 g/mol. The summed E-state index contributed by atoms with van der Waals surface area (Å²) in [6.45, 7) is 22.3. The summed E-state index contributed by atoms with van der Waals surface area (Å²) in [5.41, 5.74) is 3.10. The van der Waals surface area contributed by atoms with Gasteiger partial charge >= 0.3 is 0 Å². The lowest BCUT2D eigenvalue weighted by molar-refractivity contribution is -0.309. The molecule has 1 heterocycles. The van der Waals surface area contributed by atoms with Crippen molar-refractivity contribution in [2.24, 2.45) is 50.2 Å². The molecular weight excluding hydrogens is 426 g/mol. The topological polar surface area (TPSA) is 41.6 Å². The van der Waals surface area contributed by atoms with Crippen molar-refractivity contribution in [2.75, 3.05) is 0 Å². The van der Waals surface area contributed by atoms with Crippen LogP contribution in [-0.4, -0.2) is 9.78 Å². The first-order chi connectivity index (χ1) is 16.3. The summed E-state index contributed by atoms with van der Waals surface area (Å²) in [6, 6.07) is 2.25. The SMILES string of the molecule is C[C@H]1CC[C@@]2(C)[C@](C)(CC[C@]3(C)[C@]2(C)CC[C@]2(C)C([C@H](C)Cn4cc(C#N)cn4)CCC[C@@]32C)C1. The van der Waals surface area contributed by atoms with E-state index in [-0.39, 0.29) is 0 Å². The fraction of sp³-hybridized carbons (Fsp3) is 0.875. The van der Waals surface area contributed by atoms with Gasteiger partial charge in [-0.25, -0.2) is 0 Å². The maximum atomic E-state index is 9.26. The van der Waals surface area contributed by atoms with Crippen molar-refractivity contribution in [3.8, 4) is 6.07 Å². The molecule has 4 fully saturated rings. The third-order valence-electron chi connectivity index (χ3n) is 14.4. The summed E-state index contributed by atoms with van der Waals surface area (Å²) in [4.78, 5) is 0. The van der Waals surface area contributed by atoms with E-state index in [9.17, 15) is 5.26 Å². The molecule has 0 aliphatic heterocycles. The second-order valence-electron chi connectivity index (χ2n) is 15.2. The molecule has 1 aromatic heterocycles. The average molecular weight is 478 g/mol. The molecule has 4 aliphatic rings. The van der Waals surface area contributed by atoms with Gasteiger partial charge in [0.1, 0.15) is 6.07 Å². The van der Waals surface area contributed by atoms with Crippen LogP contribution in [0, 0.1) is 61.6 Å². The van der Waals surface area contributed by atoms with Gasteiger partial charge in [0.25, 0.3) is 0 Å². The van der Waals surface area contributed by atoms with E-state index in [1.807, 2.05) is 10.9 Å². The minimum absolute atomic E-state index is 0.357. The Morgan fingerprint density at radius 1 is 0.943 bits per heavy atom. The van der Waals surface area contributed by atoms with Gasteiger partial charge in [-0.1, -0.05) is 68.2 Å². The summed E-state index contributed by atoms with van der Waals surface area (Å²) in [5.74, 6) is 2.16. The van der Waals surface area contributed by atoms with Crippen molar-refractivity contribution in [3.63, 3.8) is 0 Å². The highest BCUT2D eigenvalue weighted by Crippen LogP contribution is 2.83. The van der Waals surface area contributed by atoms with Crippen LogP contribution in [-0.2, 0) is 6.54 Å². The molecule has 3 heteroatoms. The zero-order chi connectivity index (χ0) is 25.5. The molecule has 0 aromatic carbocycles. The molecule has 3 nitrogen and oxygen atoms in total. The third-order valence-corrected chi connectivity index (χ3v) is 14.4. The van der Waals surface area contributed by atoms with Gasteiger partial charge in [0.15, 0.2) is 0 Å². The number of hydrogen-bond acceptors (Lipinski definition) is 2. The van der Waals surface area contributed by atoms with Crippen molar-refractivity contribution >= 4 is 0 Å². The smallest absolute Gasteiger partial charge is 0.102 e. The highest BCUT2D eigenvalue weighted by atomic mass is 15.3. The summed E-state index contributed by atoms with van der Waals surface area (Å²) in [7, 11) is 0. The van der Waals surface area contributed by atoms with Crippen LogP contribution in [0.2, 0.25) is 0 Å². The predicted octanol–water partition coefficient (Wildman–Crippen LogP) is 8.64. The van der Waals surface area contributed by atoms with Crippen LogP contribution in [0.3, 0.4) is 0 Å². The minimum Gasteiger partial charge on any atom is -0.271 e. The van der Waals surface area contributed by atoms with E-state index in [0.717, 1.165) is 12.5 Å². The first-order valence-electron chi connectivity index (χ1n) is 14.7. The van der Waals surface area contributed by atoms with Crippen LogP contribution in [0.5, 0.6) is 0 Å². The molecule has 194 valence electrons. The van der Waals surface area contributed by atoms with E-state index in [0.29, 0.717) is 49.9 Å². The summed E-state index contributed by atoms with van der Waals surface area (Å²) >= 11 is 0. The third kappa shape index (κ3) is 3.04. The highest BCUT2D eigenvalue weighted by Gasteiger charge is 2.75. The number of aromatic nitrogens is 2. The maximum absolute atomic E-state index is 9.26. The molecule has 4 saturated carbocycles. The van der Waals surface area contributed by atoms with Gasteiger partial charge in [-0.2, -0.15) is 10.4 Å². The zero-order valence-electron chi connectivity index (χ0n) is 24.0. The molecule has 1 aromatic rings. The van der Waals surface area contributed by atoms with Crippen LogP contribution in [0.15, 0.2) is 12.4 Å². The normalized spacial score (nSPS) is 50.4. The van der Waals surface area contributed by atoms with E-state index < -0.39 is 0 Å². The van der Waals surface area contributed by atoms with Crippen molar-refractivity contribution in [3.05, 3.63) is 18.0 Å². The summed E-state index contributed by atoms with van der Waals surface area (Å²) in [5, 5.41) is 13.8. The van der Waals surface area contributed by atoms with E-state index in [1.54, 1.807) is 6.20 Å². The minimum atomic E-state index is 0.357. The van der Waals surface area contributed by atoms with Gasteiger partial charge in [0.05, 0.1) is 11.8 Å². The quantitative estimate of drug-likeness (QED) is 0.437. The summed E-state index contributed by atoms with van der Waals surface area (Å²) < 4.78 is 2.03. The van der Waals surface area contributed by atoms with Crippen molar-refractivity contribution in [1.29, 1.82) is 5.26 Å². The standard InChI is InChI=1S/C32H51N3/c1-23-11-13-29(5)27(3,18-23)14-16-32(8)30(6)12-9-10-26(28(30,4)15-17-31(29,32)7)24(2)21-35-22-25(19-33)20-34-35/h20,22-24,26H,9-18,21H2,1-8H3/t23-,24+,26?,27+,28+,29-,30+,31+,32-/m0/s1. The molecule has 0 amide bonds. The highest BCUT2D eigenvalue weighted by molar-refractivity contribution is 5.24. The number of hydrogen-bond donors (Lipinski definition) is 0. The number of rotatable bonds is 3. The van der Waals surface area contributed by atoms with Gasteiger partial charge < -0.3 is 0 Å². The maximum Gasteiger partial charge on any atom is 0.102 e. The molecule has 35 heavy (non-hydrogen) atoms. The molecule has 5 rings (SSSR count). The lowest BCUT2D eigenvalue weighted by Crippen LogP contribution is -2.72. The first-order valence-corrected chi connectivity index (χ1v) is 14.7. The largest absolute Gasteiger partial charge is 0.271 e. The van der Waals surface area contributed by atoms with Crippen LogP contribution >= 0.6 is 0 Å². The Morgan fingerprint density at radius 3 is 2.31 bits per heavy atom. The number of nitriles is 1. The molecule has 1 unspecified atom stereocenters. The van der Waals surface area contributed by atoms with E-state index in [2.05, 4.69) is 66.6 Å². The summed E-state index contributed by atoms with van der Waals surface area (Å²) in [6.07, 6.45) is 17.6. The van der Waals surface area contributed by atoms with Gasteiger partial charge in [-0.15, -0.1) is 0 Å².